The lowest BCUT2D eigenvalue weighted by Crippen LogP contribution is -2.23. The van der Waals surface area contributed by atoms with Crippen LogP contribution in [0.5, 0.6) is 5.75 Å². The molecule has 1 N–H and O–H groups in total. The lowest BCUT2D eigenvalue weighted by molar-refractivity contribution is 0.387. The molecule has 0 heterocycles. The third kappa shape index (κ3) is 3.83. The van der Waals surface area contributed by atoms with Gasteiger partial charge in [0.2, 0.25) is 0 Å². The minimum Gasteiger partial charge on any atom is -0.496 e. The van der Waals surface area contributed by atoms with Gasteiger partial charge in [0.15, 0.2) is 0 Å². The third-order valence-electron chi connectivity index (χ3n) is 3.54. The smallest absolute Gasteiger partial charge is 0.131 e. The maximum Gasteiger partial charge on any atom is 0.131 e. The molecule has 0 fully saturated rings. The van der Waals surface area contributed by atoms with Crippen LogP contribution in [0.15, 0.2) is 46.9 Å². The summed E-state index contributed by atoms with van der Waals surface area (Å²) >= 11 is 3.42. The first kappa shape index (κ1) is 16.0. The minimum absolute atomic E-state index is 0.109. The van der Waals surface area contributed by atoms with Crippen LogP contribution in [0.3, 0.4) is 0 Å². The highest BCUT2D eigenvalue weighted by Gasteiger charge is 2.18. The van der Waals surface area contributed by atoms with Crippen molar-refractivity contribution in [3.63, 3.8) is 0 Å². The van der Waals surface area contributed by atoms with Crippen LogP contribution in [-0.2, 0) is 0 Å². The Morgan fingerprint density at radius 3 is 2.33 bits per heavy atom. The largest absolute Gasteiger partial charge is 0.496 e. The van der Waals surface area contributed by atoms with Gasteiger partial charge in [-0.2, -0.15) is 0 Å². The van der Waals surface area contributed by atoms with Gasteiger partial charge in [-0.15, -0.1) is 0 Å². The Kier molecular flexibility index (Phi) is 5.37. The summed E-state index contributed by atoms with van der Waals surface area (Å²) in [6.07, 6.45) is 0. The highest BCUT2D eigenvalue weighted by Crippen LogP contribution is 2.29. The molecule has 21 heavy (non-hydrogen) atoms. The van der Waals surface area contributed by atoms with Gasteiger partial charge in [-0.05, 0) is 43.7 Å². The van der Waals surface area contributed by atoms with E-state index in [-0.39, 0.29) is 17.9 Å². The van der Waals surface area contributed by atoms with Crippen molar-refractivity contribution in [3.8, 4) is 5.75 Å². The molecule has 2 aromatic carbocycles. The average Bonchev–Trinajstić information content (AvgIpc) is 2.47. The monoisotopic (exact) mass is 351 g/mol. The molecule has 0 aromatic heterocycles. The van der Waals surface area contributed by atoms with E-state index in [0.717, 1.165) is 10.0 Å². The Bertz CT molecular complexity index is 600. The van der Waals surface area contributed by atoms with Crippen LogP contribution >= 0.6 is 15.9 Å². The number of hydrogen-bond acceptors (Lipinski definition) is 2. The molecule has 0 aliphatic carbocycles. The van der Waals surface area contributed by atoms with Gasteiger partial charge in [0.1, 0.15) is 11.6 Å². The molecule has 112 valence electrons. The second kappa shape index (κ2) is 7.05. The number of ether oxygens (including phenoxy) is 1. The van der Waals surface area contributed by atoms with E-state index in [1.54, 1.807) is 19.2 Å². The lowest BCUT2D eigenvalue weighted by Gasteiger charge is -2.22. The molecule has 0 bridgehead atoms. The van der Waals surface area contributed by atoms with Crippen molar-refractivity contribution in [1.82, 2.24) is 5.32 Å². The van der Waals surface area contributed by atoms with Crippen LogP contribution < -0.4 is 10.1 Å². The first-order valence-corrected chi connectivity index (χ1v) is 7.66. The lowest BCUT2D eigenvalue weighted by atomic mass is 10.0. The minimum atomic E-state index is -0.252. The van der Waals surface area contributed by atoms with Crippen LogP contribution in [-0.4, -0.2) is 7.11 Å². The predicted octanol–water partition coefficient (Wildman–Crippen LogP) is 5.01. The summed E-state index contributed by atoms with van der Waals surface area (Å²) in [6, 6.07) is 12.9. The van der Waals surface area contributed by atoms with Crippen molar-refractivity contribution in [3.05, 3.63) is 63.9 Å². The van der Waals surface area contributed by atoms with Gasteiger partial charge in [-0.1, -0.05) is 34.1 Å². The van der Waals surface area contributed by atoms with E-state index >= 15 is 0 Å². The molecule has 0 radical (unpaired) electrons. The van der Waals surface area contributed by atoms with Gasteiger partial charge in [-0.25, -0.2) is 4.39 Å². The van der Waals surface area contributed by atoms with E-state index in [2.05, 4.69) is 28.2 Å². The SMILES string of the molecule is COc1cccc(F)c1C(C)N[C@H](C)c1ccc(Br)cc1. The van der Waals surface area contributed by atoms with Gasteiger partial charge in [0.25, 0.3) is 0 Å². The molecular formula is C17H19BrFNO. The van der Waals surface area contributed by atoms with E-state index in [9.17, 15) is 4.39 Å². The zero-order valence-corrected chi connectivity index (χ0v) is 13.9. The first-order chi connectivity index (χ1) is 10.0. The molecule has 0 saturated heterocycles. The summed E-state index contributed by atoms with van der Waals surface area (Å²) in [5.74, 6) is 0.315. The van der Waals surface area contributed by atoms with Crippen molar-refractivity contribution in [2.45, 2.75) is 25.9 Å². The fraction of sp³-hybridized carbons (Fsp3) is 0.294. The van der Waals surface area contributed by atoms with Crippen molar-refractivity contribution < 1.29 is 9.13 Å². The third-order valence-corrected chi connectivity index (χ3v) is 4.06. The molecule has 0 aliphatic rings. The molecular weight excluding hydrogens is 333 g/mol. The highest BCUT2D eigenvalue weighted by molar-refractivity contribution is 9.10. The average molecular weight is 352 g/mol. The summed E-state index contributed by atoms with van der Waals surface area (Å²) in [4.78, 5) is 0. The van der Waals surface area contributed by atoms with Crippen LogP contribution in [0.1, 0.15) is 37.1 Å². The maximum atomic E-state index is 14.1. The van der Waals surface area contributed by atoms with Crippen molar-refractivity contribution in [2.24, 2.45) is 0 Å². The normalized spacial score (nSPS) is 13.8. The molecule has 0 aliphatic heterocycles. The summed E-state index contributed by atoms with van der Waals surface area (Å²) in [6.45, 7) is 4.00. The number of benzene rings is 2. The van der Waals surface area contributed by atoms with Crippen molar-refractivity contribution in [1.29, 1.82) is 0 Å². The van der Waals surface area contributed by atoms with Crippen LogP contribution in [0.25, 0.3) is 0 Å². The number of rotatable bonds is 5. The van der Waals surface area contributed by atoms with Crippen molar-refractivity contribution >= 4 is 15.9 Å². The zero-order valence-electron chi connectivity index (χ0n) is 12.4. The predicted molar refractivity (Wildman–Crippen MR) is 87.1 cm³/mol. The Morgan fingerprint density at radius 2 is 1.71 bits per heavy atom. The number of nitrogens with one attached hydrogen (secondary N) is 1. The fourth-order valence-electron chi connectivity index (χ4n) is 2.42. The Balaban J connectivity index is 2.18. The molecule has 1 unspecified atom stereocenters. The van der Waals surface area contributed by atoms with Crippen molar-refractivity contribution in [2.75, 3.05) is 7.11 Å². The maximum absolute atomic E-state index is 14.1. The Labute approximate surface area is 133 Å². The molecule has 2 rings (SSSR count). The van der Waals surface area contributed by atoms with E-state index in [0.29, 0.717) is 11.3 Å². The van der Waals surface area contributed by atoms with E-state index in [1.807, 2.05) is 31.2 Å². The quantitative estimate of drug-likeness (QED) is 0.817. The van der Waals surface area contributed by atoms with Gasteiger partial charge in [0, 0.05) is 22.1 Å². The molecule has 0 amide bonds. The second-order valence-electron chi connectivity index (χ2n) is 5.02. The van der Waals surface area contributed by atoms with Gasteiger partial charge in [0.05, 0.1) is 7.11 Å². The molecule has 4 heteroatoms. The highest BCUT2D eigenvalue weighted by atomic mass is 79.9. The van der Waals surface area contributed by atoms with Gasteiger partial charge >= 0.3 is 0 Å². The standard InChI is InChI=1S/C17H19BrFNO/c1-11(13-7-9-14(18)10-8-13)20-12(2)17-15(19)5-4-6-16(17)21-3/h4-12,20H,1-3H3/t11-,12?/m1/s1. The first-order valence-electron chi connectivity index (χ1n) is 6.87. The molecule has 2 nitrogen and oxygen atoms in total. The summed E-state index contributed by atoms with van der Waals surface area (Å²) in [5, 5.41) is 3.41. The topological polar surface area (TPSA) is 21.3 Å². The van der Waals surface area contributed by atoms with Crippen LogP contribution in [0.2, 0.25) is 0 Å². The second-order valence-corrected chi connectivity index (χ2v) is 5.93. The fourth-order valence-corrected chi connectivity index (χ4v) is 2.69. The molecule has 2 aromatic rings. The zero-order chi connectivity index (χ0) is 15.4. The van der Waals surface area contributed by atoms with Crippen LogP contribution in [0, 0.1) is 5.82 Å². The van der Waals surface area contributed by atoms with Gasteiger partial charge in [-0.3, -0.25) is 0 Å². The number of hydrogen-bond donors (Lipinski definition) is 1. The molecule has 0 spiro atoms. The summed E-state index contributed by atoms with van der Waals surface area (Å²) in [7, 11) is 1.56. The van der Waals surface area contributed by atoms with E-state index < -0.39 is 0 Å². The van der Waals surface area contributed by atoms with Crippen LogP contribution in [0.4, 0.5) is 4.39 Å². The summed E-state index contributed by atoms with van der Waals surface area (Å²) < 4.78 is 20.4. The molecule has 0 saturated carbocycles. The van der Waals surface area contributed by atoms with E-state index in [1.165, 1.54) is 6.07 Å². The molecule has 2 atom stereocenters. The van der Waals surface area contributed by atoms with E-state index in [4.69, 9.17) is 4.74 Å². The Hall–Kier alpha value is -1.39. The number of halogens is 2. The summed E-state index contributed by atoms with van der Waals surface area (Å²) in [5.41, 5.74) is 1.71. The number of methoxy groups -OCH3 is 1. The van der Waals surface area contributed by atoms with Gasteiger partial charge < -0.3 is 10.1 Å². The Morgan fingerprint density at radius 1 is 1.05 bits per heavy atom.